The minimum absolute atomic E-state index is 0.233. The summed E-state index contributed by atoms with van der Waals surface area (Å²) in [5, 5.41) is 14.8. The lowest BCUT2D eigenvalue weighted by Gasteiger charge is -2.34. The van der Waals surface area contributed by atoms with Crippen LogP contribution in [0.5, 0.6) is 11.5 Å². The summed E-state index contributed by atoms with van der Waals surface area (Å²) in [5.74, 6) is -1.95. The van der Waals surface area contributed by atoms with Crippen molar-refractivity contribution in [2.75, 3.05) is 46.2 Å². The molecular formula is C18H28N2O8S. The Kier molecular flexibility index (Phi) is 9.86. The second-order valence-electron chi connectivity index (χ2n) is 6.25. The van der Waals surface area contributed by atoms with Gasteiger partial charge in [0, 0.05) is 38.3 Å². The van der Waals surface area contributed by atoms with Crippen molar-refractivity contribution in [3.05, 3.63) is 23.8 Å². The first kappa shape index (κ1) is 24.7. The molecule has 0 radical (unpaired) electrons. The van der Waals surface area contributed by atoms with Crippen molar-refractivity contribution < 1.29 is 37.7 Å². The van der Waals surface area contributed by atoms with E-state index in [-0.39, 0.29) is 5.75 Å². The maximum absolute atomic E-state index is 12.1. The fourth-order valence-electron chi connectivity index (χ4n) is 2.87. The first-order valence-electron chi connectivity index (χ1n) is 9.02. The topological polar surface area (TPSA) is 134 Å². The maximum atomic E-state index is 12.1. The van der Waals surface area contributed by atoms with Crippen LogP contribution in [-0.2, 0) is 26.2 Å². The van der Waals surface area contributed by atoms with Gasteiger partial charge in [-0.2, -0.15) is 4.31 Å². The summed E-state index contributed by atoms with van der Waals surface area (Å²) < 4.78 is 36.6. The van der Waals surface area contributed by atoms with Crippen LogP contribution in [0.15, 0.2) is 18.2 Å². The average molecular weight is 432 g/mol. The molecule has 29 heavy (non-hydrogen) atoms. The first-order chi connectivity index (χ1) is 13.7. The molecule has 0 unspecified atom stereocenters. The molecule has 0 atom stereocenters. The summed E-state index contributed by atoms with van der Waals surface area (Å²) >= 11 is 0. The standard InChI is InChI=1S/C16H26N2O4S.C2H2O4/c1-4-12-23(19,20)18-10-8-17(9-11-18)13-14-6-5-7-15(21-2)16(14)22-3;3-1(4)2(5)6/h5-7H,4,8-13H2,1-3H3;(H,3,4)(H,5,6). The zero-order chi connectivity index (χ0) is 22.0. The molecule has 2 N–H and O–H groups in total. The molecule has 0 spiro atoms. The molecule has 0 bridgehead atoms. The highest BCUT2D eigenvalue weighted by atomic mass is 32.2. The molecule has 2 rings (SSSR count). The zero-order valence-electron chi connectivity index (χ0n) is 16.8. The van der Waals surface area contributed by atoms with E-state index in [1.54, 1.807) is 18.5 Å². The van der Waals surface area contributed by atoms with Gasteiger partial charge in [0.25, 0.3) is 0 Å². The average Bonchev–Trinajstić information content (AvgIpc) is 2.68. The van der Waals surface area contributed by atoms with E-state index in [4.69, 9.17) is 29.3 Å². The highest BCUT2D eigenvalue weighted by molar-refractivity contribution is 7.89. The van der Waals surface area contributed by atoms with Gasteiger partial charge < -0.3 is 19.7 Å². The molecule has 0 aliphatic carbocycles. The Hall–Kier alpha value is -2.37. The van der Waals surface area contributed by atoms with E-state index in [2.05, 4.69) is 4.90 Å². The van der Waals surface area contributed by atoms with Gasteiger partial charge in [-0.1, -0.05) is 19.1 Å². The molecule has 0 saturated carbocycles. The van der Waals surface area contributed by atoms with E-state index in [0.717, 1.165) is 30.9 Å². The van der Waals surface area contributed by atoms with Crippen LogP contribution in [0.4, 0.5) is 0 Å². The minimum atomic E-state index is -3.09. The molecule has 1 aliphatic heterocycles. The number of carbonyl (C=O) groups is 2. The molecule has 1 heterocycles. The number of nitrogens with zero attached hydrogens (tertiary/aromatic N) is 2. The number of hydrogen-bond acceptors (Lipinski definition) is 7. The number of benzene rings is 1. The van der Waals surface area contributed by atoms with Crippen molar-refractivity contribution in [1.29, 1.82) is 0 Å². The fraction of sp³-hybridized carbons (Fsp3) is 0.556. The lowest BCUT2D eigenvalue weighted by Crippen LogP contribution is -2.48. The molecule has 1 aromatic rings. The molecule has 0 aromatic heterocycles. The van der Waals surface area contributed by atoms with Crippen LogP contribution < -0.4 is 9.47 Å². The number of piperazine rings is 1. The Morgan fingerprint density at radius 2 is 1.62 bits per heavy atom. The zero-order valence-corrected chi connectivity index (χ0v) is 17.6. The van der Waals surface area contributed by atoms with Crippen molar-refractivity contribution in [3.63, 3.8) is 0 Å². The number of rotatable bonds is 7. The number of sulfonamides is 1. The molecular weight excluding hydrogens is 404 g/mol. The normalized spacial score (nSPS) is 15.1. The predicted molar refractivity (Wildman–Crippen MR) is 106 cm³/mol. The van der Waals surface area contributed by atoms with Crippen LogP contribution in [0.3, 0.4) is 0 Å². The largest absolute Gasteiger partial charge is 0.493 e. The maximum Gasteiger partial charge on any atom is 0.414 e. The number of ether oxygens (including phenoxy) is 2. The van der Waals surface area contributed by atoms with Crippen molar-refractivity contribution in [2.24, 2.45) is 0 Å². The van der Waals surface area contributed by atoms with Gasteiger partial charge in [-0.05, 0) is 12.5 Å². The third-order valence-electron chi connectivity index (χ3n) is 4.25. The Morgan fingerprint density at radius 3 is 2.07 bits per heavy atom. The van der Waals surface area contributed by atoms with Crippen molar-refractivity contribution in [2.45, 2.75) is 19.9 Å². The van der Waals surface area contributed by atoms with E-state index >= 15 is 0 Å². The summed E-state index contributed by atoms with van der Waals surface area (Å²) in [7, 11) is 0.168. The number of hydrogen-bond donors (Lipinski definition) is 2. The summed E-state index contributed by atoms with van der Waals surface area (Å²) in [6, 6.07) is 5.83. The van der Waals surface area contributed by atoms with Crippen molar-refractivity contribution in [3.8, 4) is 11.5 Å². The van der Waals surface area contributed by atoms with Gasteiger partial charge in [0.2, 0.25) is 10.0 Å². The van der Waals surface area contributed by atoms with Gasteiger partial charge >= 0.3 is 11.9 Å². The number of methoxy groups -OCH3 is 2. The number of carboxylic acids is 2. The SMILES string of the molecule is CCCS(=O)(=O)N1CCN(Cc2cccc(OC)c2OC)CC1.O=C(O)C(=O)O. The number of para-hydroxylation sites is 1. The van der Waals surface area contributed by atoms with Crippen LogP contribution in [0.2, 0.25) is 0 Å². The van der Waals surface area contributed by atoms with E-state index in [1.807, 2.05) is 25.1 Å². The van der Waals surface area contributed by atoms with E-state index in [1.165, 1.54) is 0 Å². The molecule has 10 nitrogen and oxygen atoms in total. The third kappa shape index (κ3) is 7.52. The highest BCUT2D eigenvalue weighted by Crippen LogP contribution is 2.31. The molecule has 0 amide bonds. The second-order valence-corrected chi connectivity index (χ2v) is 8.34. The van der Waals surface area contributed by atoms with Crippen LogP contribution in [0.25, 0.3) is 0 Å². The predicted octanol–water partition coefficient (Wildman–Crippen LogP) is 0.717. The number of aliphatic carboxylic acids is 2. The smallest absolute Gasteiger partial charge is 0.414 e. The summed E-state index contributed by atoms with van der Waals surface area (Å²) in [6.07, 6.45) is 0.656. The van der Waals surface area contributed by atoms with Gasteiger partial charge in [0.05, 0.1) is 20.0 Å². The van der Waals surface area contributed by atoms with Crippen LogP contribution in [0.1, 0.15) is 18.9 Å². The summed E-state index contributed by atoms with van der Waals surface area (Å²) in [4.78, 5) is 20.4. The van der Waals surface area contributed by atoms with E-state index in [9.17, 15) is 8.42 Å². The van der Waals surface area contributed by atoms with Gasteiger partial charge in [0.15, 0.2) is 11.5 Å². The van der Waals surface area contributed by atoms with Gasteiger partial charge in [-0.3, -0.25) is 4.90 Å². The third-order valence-corrected chi connectivity index (χ3v) is 6.32. The number of carboxylic acid groups (broad SMARTS) is 2. The van der Waals surface area contributed by atoms with Crippen molar-refractivity contribution in [1.82, 2.24) is 9.21 Å². The van der Waals surface area contributed by atoms with Gasteiger partial charge in [-0.25, -0.2) is 18.0 Å². The van der Waals surface area contributed by atoms with Crippen LogP contribution >= 0.6 is 0 Å². The first-order valence-corrected chi connectivity index (χ1v) is 10.6. The lowest BCUT2D eigenvalue weighted by atomic mass is 10.1. The fourth-order valence-corrected chi connectivity index (χ4v) is 4.37. The highest BCUT2D eigenvalue weighted by Gasteiger charge is 2.26. The molecule has 1 aliphatic rings. The van der Waals surface area contributed by atoms with E-state index < -0.39 is 22.0 Å². The van der Waals surface area contributed by atoms with E-state index in [0.29, 0.717) is 25.3 Å². The monoisotopic (exact) mass is 432 g/mol. The Morgan fingerprint density at radius 1 is 1.03 bits per heavy atom. The Bertz CT molecular complexity index is 777. The van der Waals surface area contributed by atoms with Crippen molar-refractivity contribution >= 4 is 22.0 Å². The van der Waals surface area contributed by atoms with Crippen LogP contribution in [-0.4, -0.2) is 85.9 Å². The molecule has 1 fully saturated rings. The summed E-state index contributed by atoms with van der Waals surface area (Å²) in [6.45, 7) is 5.17. The van der Waals surface area contributed by atoms with Crippen LogP contribution in [0, 0.1) is 0 Å². The molecule has 1 aromatic carbocycles. The Labute approximate surface area is 170 Å². The summed E-state index contributed by atoms with van der Waals surface area (Å²) in [5.41, 5.74) is 1.05. The second kappa shape index (κ2) is 11.6. The quantitative estimate of drug-likeness (QED) is 0.598. The molecule has 11 heteroatoms. The molecule has 1 saturated heterocycles. The molecule has 164 valence electrons. The lowest BCUT2D eigenvalue weighted by molar-refractivity contribution is -0.159. The van der Waals surface area contributed by atoms with Gasteiger partial charge in [-0.15, -0.1) is 0 Å². The Balaban J connectivity index is 0.000000612. The minimum Gasteiger partial charge on any atom is -0.493 e. The van der Waals surface area contributed by atoms with Gasteiger partial charge in [0.1, 0.15) is 0 Å².